The van der Waals surface area contributed by atoms with Gasteiger partial charge in [-0.1, -0.05) is 25.1 Å². The first-order valence-corrected chi connectivity index (χ1v) is 11.4. The zero-order chi connectivity index (χ0) is 23.4. The summed E-state index contributed by atoms with van der Waals surface area (Å²) in [6, 6.07) is 0. The first-order valence-electron chi connectivity index (χ1n) is 10.4. The Hall–Kier alpha value is -1.97. The van der Waals surface area contributed by atoms with Crippen molar-refractivity contribution in [1.29, 1.82) is 0 Å². The molecule has 0 radical (unpaired) electrons. The van der Waals surface area contributed by atoms with Gasteiger partial charge in [-0.05, 0) is 64.3 Å². The van der Waals surface area contributed by atoms with Crippen molar-refractivity contribution in [3.8, 4) is 0 Å². The number of carboxylic acids is 1. The number of carboxylic acid groups (broad SMARTS) is 1. The van der Waals surface area contributed by atoms with Crippen LogP contribution in [0.1, 0.15) is 53.9 Å². The molecule has 0 aromatic carbocycles. The first-order chi connectivity index (χ1) is 14.6. The number of aliphatic carboxylic acids is 1. The number of halogens is 1. The maximum absolute atomic E-state index is 13.5. The average molecular weight is 456 g/mol. The van der Waals surface area contributed by atoms with Gasteiger partial charge in [0.1, 0.15) is 12.0 Å². The van der Waals surface area contributed by atoms with Crippen LogP contribution in [0.4, 0.5) is 4.39 Å². The maximum atomic E-state index is 13.5. The normalized spacial score (nSPS) is 23.7. The van der Waals surface area contributed by atoms with Crippen molar-refractivity contribution in [1.82, 2.24) is 5.32 Å². The smallest absolute Gasteiger partial charge is 0.342 e. The van der Waals surface area contributed by atoms with Gasteiger partial charge in [-0.3, -0.25) is 4.99 Å². The molecule has 1 rings (SSSR count). The minimum atomic E-state index is -1.16. The van der Waals surface area contributed by atoms with E-state index in [1.54, 1.807) is 26.0 Å². The van der Waals surface area contributed by atoms with Crippen molar-refractivity contribution in [2.24, 2.45) is 9.98 Å². The number of aliphatic imine (C=N–C) groups is 2. The highest BCUT2D eigenvalue weighted by Gasteiger charge is 2.18. The van der Waals surface area contributed by atoms with Crippen LogP contribution in [0.15, 0.2) is 44.5 Å². The number of aliphatic hydroxyl groups excluding tert-OH is 1. The molecule has 7 nitrogen and oxygen atoms in total. The number of hydrogen-bond donors (Lipinski definition) is 3. The van der Waals surface area contributed by atoms with Crippen LogP contribution in [-0.4, -0.2) is 58.6 Å². The van der Waals surface area contributed by atoms with Gasteiger partial charge in [0.05, 0.1) is 41.1 Å². The molecule has 0 aromatic rings. The topological polar surface area (TPSA) is 104 Å². The molecule has 1 heterocycles. The largest absolute Gasteiger partial charge is 0.477 e. The number of alkyl halides is 1. The molecule has 31 heavy (non-hydrogen) atoms. The molecule has 0 aliphatic carbocycles. The van der Waals surface area contributed by atoms with E-state index in [2.05, 4.69) is 15.3 Å². The van der Waals surface area contributed by atoms with E-state index in [1.807, 2.05) is 13.8 Å². The second kappa shape index (κ2) is 14.2. The zero-order valence-corrected chi connectivity index (χ0v) is 19.7. The lowest BCUT2D eigenvalue weighted by Crippen LogP contribution is -2.28. The van der Waals surface area contributed by atoms with Gasteiger partial charge in [0.2, 0.25) is 0 Å². The molecule has 174 valence electrons. The Balaban J connectivity index is 3.19. The molecule has 0 spiro atoms. The molecule has 4 atom stereocenters. The van der Waals surface area contributed by atoms with E-state index in [1.165, 1.54) is 19.3 Å². The second-order valence-corrected chi connectivity index (χ2v) is 8.37. The number of rotatable bonds is 11. The van der Waals surface area contributed by atoms with Crippen molar-refractivity contribution >= 4 is 29.8 Å². The quantitative estimate of drug-likeness (QED) is 0.403. The third-order valence-electron chi connectivity index (χ3n) is 4.35. The standard InChI is InChI=1S/C22H34FN3O4S/c1-6-7-18(27)11-16(4)30-17(5)19(9-8-15(3)23)26-20-10-14(2)21(22(28)29)31-13-24-12-25-20/h8-10,12,15-18,27H,6-7,11,13H2,1-5H3,(H,24,25)(H,28,29)/b9-8-,20-10-,21-14-,26-19+. The van der Waals surface area contributed by atoms with Crippen LogP contribution >= 0.6 is 11.8 Å². The van der Waals surface area contributed by atoms with Gasteiger partial charge in [0.25, 0.3) is 0 Å². The van der Waals surface area contributed by atoms with Gasteiger partial charge in [0, 0.05) is 0 Å². The number of ether oxygens (including phenoxy) is 1. The summed E-state index contributed by atoms with van der Waals surface area (Å²) in [5, 5.41) is 22.4. The monoisotopic (exact) mass is 455 g/mol. The molecule has 4 unspecified atom stereocenters. The fourth-order valence-corrected chi connectivity index (χ4v) is 3.60. The highest BCUT2D eigenvalue weighted by atomic mass is 32.2. The Kier molecular flexibility index (Phi) is 12.4. The highest BCUT2D eigenvalue weighted by molar-refractivity contribution is 8.03. The molecule has 0 aromatic heterocycles. The van der Waals surface area contributed by atoms with E-state index < -0.39 is 24.3 Å². The second-order valence-electron chi connectivity index (χ2n) is 7.42. The molecule has 0 bridgehead atoms. The van der Waals surface area contributed by atoms with Crippen molar-refractivity contribution in [3.05, 3.63) is 34.5 Å². The molecule has 0 amide bonds. The fourth-order valence-electron chi connectivity index (χ4n) is 2.91. The fraction of sp³-hybridized carbons (Fsp3) is 0.591. The van der Waals surface area contributed by atoms with E-state index in [0.29, 0.717) is 29.9 Å². The number of thioether (sulfide) groups is 1. The molecule has 3 N–H and O–H groups in total. The minimum absolute atomic E-state index is 0.186. The van der Waals surface area contributed by atoms with E-state index in [9.17, 15) is 19.4 Å². The molecular weight excluding hydrogens is 421 g/mol. The third kappa shape index (κ3) is 10.8. The van der Waals surface area contributed by atoms with Crippen LogP contribution in [0.2, 0.25) is 0 Å². The van der Waals surface area contributed by atoms with Crippen LogP contribution in [0.5, 0.6) is 0 Å². The van der Waals surface area contributed by atoms with Crippen LogP contribution in [0.3, 0.4) is 0 Å². The number of nitrogens with one attached hydrogen (secondary N) is 1. The number of nitrogens with zero attached hydrogens (tertiary/aromatic N) is 2. The average Bonchev–Trinajstić information content (AvgIpc) is 2.74. The Morgan fingerprint density at radius 3 is 2.77 bits per heavy atom. The Morgan fingerprint density at radius 1 is 1.45 bits per heavy atom. The van der Waals surface area contributed by atoms with Crippen LogP contribution < -0.4 is 5.32 Å². The predicted octanol–water partition coefficient (Wildman–Crippen LogP) is 4.21. The van der Waals surface area contributed by atoms with E-state index in [0.717, 1.165) is 18.2 Å². The van der Waals surface area contributed by atoms with Gasteiger partial charge >= 0.3 is 5.97 Å². The van der Waals surface area contributed by atoms with Crippen LogP contribution in [0, 0.1) is 0 Å². The van der Waals surface area contributed by atoms with Crippen molar-refractivity contribution in [2.45, 2.75) is 78.4 Å². The molecule has 1 aliphatic rings. The SMILES string of the molecule is CCCC(O)CC(C)OC(C)C(/C=C\C(C)F)=N/C1=C\C(C)=C(\C(=O)O)SCN=CN1. The van der Waals surface area contributed by atoms with E-state index >= 15 is 0 Å². The lowest BCUT2D eigenvalue weighted by Gasteiger charge is -2.22. The molecular formula is C22H34FN3O4S. The Bertz CT molecular complexity index is 747. The number of aliphatic hydroxyl groups is 1. The van der Waals surface area contributed by atoms with Gasteiger partial charge in [-0.15, -0.1) is 0 Å². The molecule has 0 saturated carbocycles. The van der Waals surface area contributed by atoms with E-state index in [4.69, 9.17) is 4.74 Å². The summed E-state index contributed by atoms with van der Waals surface area (Å²) in [4.78, 5) is 20.4. The van der Waals surface area contributed by atoms with E-state index in [-0.39, 0.29) is 16.9 Å². The minimum Gasteiger partial charge on any atom is -0.477 e. The van der Waals surface area contributed by atoms with Crippen LogP contribution in [0.25, 0.3) is 0 Å². The summed E-state index contributed by atoms with van der Waals surface area (Å²) in [5.41, 5.74) is 0.992. The van der Waals surface area contributed by atoms with Crippen molar-refractivity contribution in [3.63, 3.8) is 0 Å². The summed E-state index contributed by atoms with van der Waals surface area (Å²) in [5.74, 6) is -0.399. The lowest BCUT2D eigenvalue weighted by atomic mass is 10.1. The van der Waals surface area contributed by atoms with Gasteiger partial charge in [-0.2, -0.15) is 0 Å². The maximum Gasteiger partial charge on any atom is 0.342 e. The first kappa shape index (κ1) is 27.1. The summed E-state index contributed by atoms with van der Waals surface area (Å²) >= 11 is 1.12. The Labute approximate surface area is 188 Å². The summed E-state index contributed by atoms with van der Waals surface area (Å²) in [6.45, 7) is 8.80. The van der Waals surface area contributed by atoms with Gasteiger partial charge in [-0.25, -0.2) is 14.2 Å². The van der Waals surface area contributed by atoms with Crippen molar-refractivity contribution < 1.29 is 24.1 Å². The molecule has 0 fully saturated rings. The molecule has 1 aliphatic heterocycles. The Morgan fingerprint density at radius 2 is 2.16 bits per heavy atom. The third-order valence-corrected chi connectivity index (χ3v) is 5.42. The molecule has 9 heteroatoms. The highest BCUT2D eigenvalue weighted by Crippen LogP contribution is 2.23. The molecule has 0 saturated heterocycles. The lowest BCUT2D eigenvalue weighted by molar-refractivity contribution is -0.131. The van der Waals surface area contributed by atoms with Crippen LogP contribution in [-0.2, 0) is 9.53 Å². The van der Waals surface area contributed by atoms with Gasteiger partial charge in [0.15, 0.2) is 0 Å². The number of hydrogen-bond acceptors (Lipinski definition) is 7. The van der Waals surface area contributed by atoms with Crippen molar-refractivity contribution in [2.75, 3.05) is 5.88 Å². The van der Waals surface area contributed by atoms with Gasteiger partial charge < -0.3 is 20.3 Å². The number of carbonyl (C=O) groups is 1. The summed E-state index contributed by atoms with van der Waals surface area (Å²) < 4.78 is 19.5. The number of allylic oxidation sites excluding steroid dienone is 3. The zero-order valence-electron chi connectivity index (χ0n) is 18.8. The summed E-state index contributed by atoms with van der Waals surface area (Å²) in [6.07, 6.45) is 5.77. The summed E-state index contributed by atoms with van der Waals surface area (Å²) in [7, 11) is 0. The predicted molar refractivity (Wildman–Crippen MR) is 125 cm³/mol.